The molecule has 2 aliphatic heterocycles. The molecule has 0 aromatic heterocycles. The van der Waals surface area contributed by atoms with Crippen LogP contribution < -0.4 is 9.80 Å². The van der Waals surface area contributed by atoms with Crippen LogP contribution in [-0.4, -0.2) is 31.6 Å². The highest BCUT2D eigenvalue weighted by molar-refractivity contribution is 6.11. The summed E-state index contributed by atoms with van der Waals surface area (Å²) < 4.78 is 6.07. The van der Waals surface area contributed by atoms with E-state index in [0.29, 0.717) is 12.0 Å². The lowest BCUT2D eigenvalue weighted by molar-refractivity contribution is -0.124. The van der Waals surface area contributed by atoms with Crippen molar-refractivity contribution in [3.8, 4) is 0 Å². The number of esters is 1. The zero-order valence-corrected chi connectivity index (χ0v) is 21.6. The van der Waals surface area contributed by atoms with Crippen molar-refractivity contribution in [2.45, 2.75) is 39.0 Å². The van der Waals surface area contributed by atoms with Crippen LogP contribution in [0, 0.1) is 11.3 Å². The molecule has 0 saturated heterocycles. The Bertz CT molecular complexity index is 1420. The summed E-state index contributed by atoms with van der Waals surface area (Å²) in [5.41, 5.74) is 5.82. The van der Waals surface area contributed by atoms with Gasteiger partial charge in [0.1, 0.15) is 5.78 Å². The van der Waals surface area contributed by atoms with Gasteiger partial charge in [0.2, 0.25) is 6.23 Å². The summed E-state index contributed by atoms with van der Waals surface area (Å²) in [7, 11) is 4.02. The van der Waals surface area contributed by atoms with Crippen LogP contribution in [0.4, 0.5) is 17.1 Å². The maximum absolute atomic E-state index is 14.0. The first-order valence-corrected chi connectivity index (χ1v) is 12.8. The van der Waals surface area contributed by atoms with Gasteiger partial charge >= 0.3 is 5.97 Å². The molecule has 1 aliphatic carbocycles. The summed E-state index contributed by atoms with van der Waals surface area (Å²) in [5.74, 6) is -0.620. The van der Waals surface area contributed by atoms with E-state index in [4.69, 9.17) is 9.73 Å². The Morgan fingerprint density at radius 3 is 2.38 bits per heavy atom. The van der Waals surface area contributed by atoms with E-state index in [1.807, 2.05) is 56.6 Å². The van der Waals surface area contributed by atoms with Crippen molar-refractivity contribution in [3.05, 3.63) is 89.5 Å². The minimum absolute atomic E-state index is 0.164. The molecule has 188 valence electrons. The molecular formula is C31H31N3O3. The van der Waals surface area contributed by atoms with Crippen LogP contribution in [-0.2, 0) is 9.53 Å². The number of carbonyl (C=O) groups is 2. The second kappa shape index (κ2) is 8.58. The molecule has 3 aromatic carbocycles. The number of benzene rings is 3. The molecule has 0 N–H and O–H groups in total. The maximum Gasteiger partial charge on any atom is 0.340 e. The molecule has 0 bridgehead atoms. The first-order valence-electron chi connectivity index (χ1n) is 12.8. The van der Waals surface area contributed by atoms with E-state index in [-0.39, 0.29) is 23.2 Å². The van der Waals surface area contributed by atoms with E-state index < -0.39 is 12.1 Å². The van der Waals surface area contributed by atoms with Crippen molar-refractivity contribution < 1.29 is 14.3 Å². The van der Waals surface area contributed by atoms with Crippen LogP contribution in [0.25, 0.3) is 0 Å². The third-order valence-corrected chi connectivity index (χ3v) is 7.73. The normalized spacial score (nSPS) is 23.8. The van der Waals surface area contributed by atoms with E-state index >= 15 is 0 Å². The third kappa shape index (κ3) is 3.91. The predicted molar refractivity (Wildman–Crippen MR) is 146 cm³/mol. The smallest absolute Gasteiger partial charge is 0.340 e. The number of ether oxygens (including phenoxy) is 1. The van der Waals surface area contributed by atoms with Crippen LogP contribution in [0.15, 0.2) is 77.8 Å². The number of aliphatic imine (C=N–C) groups is 1. The summed E-state index contributed by atoms with van der Waals surface area (Å²) in [6, 6.07) is 23.4. The highest BCUT2D eigenvalue weighted by Gasteiger charge is 2.50. The highest BCUT2D eigenvalue weighted by atomic mass is 16.6. The van der Waals surface area contributed by atoms with Gasteiger partial charge in [-0.3, -0.25) is 9.79 Å². The molecular weight excluding hydrogens is 462 g/mol. The minimum atomic E-state index is -0.666. The first-order chi connectivity index (χ1) is 17.7. The molecule has 2 heterocycles. The largest absolute Gasteiger partial charge is 0.433 e. The van der Waals surface area contributed by atoms with E-state index in [2.05, 4.69) is 47.9 Å². The summed E-state index contributed by atoms with van der Waals surface area (Å²) in [5, 5.41) is 0. The van der Waals surface area contributed by atoms with Crippen molar-refractivity contribution in [3.63, 3.8) is 0 Å². The second-order valence-electron chi connectivity index (χ2n) is 11.2. The van der Waals surface area contributed by atoms with Crippen LogP contribution in [0.5, 0.6) is 0 Å². The van der Waals surface area contributed by atoms with Gasteiger partial charge in [-0.05, 0) is 47.7 Å². The Kier molecular flexibility index (Phi) is 5.44. The molecule has 1 saturated carbocycles. The lowest BCUT2D eigenvalue weighted by Gasteiger charge is -2.43. The summed E-state index contributed by atoms with van der Waals surface area (Å²) in [4.78, 5) is 36.2. The number of Topliss-reactive ketones (excluding diaryl/α,β-unsaturated/α-hetero) is 1. The molecule has 3 aliphatic rings. The van der Waals surface area contributed by atoms with Gasteiger partial charge in [0.25, 0.3) is 0 Å². The average molecular weight is 494 g/mol. The fraction of sp³-hybridized carbons (Fsp3) is 0.323. The molecule has 6 nitrogen and oxygen atoms in total. The Morgan fingerprint density at radius 2 is 1.62 bits per heavy atom. The summed E-state index contributed by atoms with van der Waals surface area (Å²) in [6.07, 6.45) is 0.549. The van der Waals surface area contributed by atoms with Gasteiger partial charge in [-0.15, -0.1) is 0 Å². The van der Waals surface area contributed by atoms with Crippen LogP contribution in [0.1, 0.15) is 60.4 Å². The minimum Gasteiger partial charge on any atom is -0.433 e. The lowest BCUT2D eigenvalue weighted by Crippen LogP contribution is -2.46. The Labute approximate surface area is 217 Å². The number of para-hydroxylation sites is 2. The third-order valence-electron chi connectivity index (χ3n) is 7.73. The lowest BCUT2D eigenvalue weighted by atomic mass is 9.68. The van der Waals surface area contributed by atoms with Gasteiger partial charge < -0.3 is 14.5 Å². The van der Waals surface area contributed by atoms with Crippen LogP contribution in [0.2, 0.25) is 0 Å². The monoisotopic (exact) mass is 493 g/mol. The topological polar surface area (TPSA) is 62.2 Å². The van der Waals surface area contributed by atoms with Gasteiger partial charge in [0.15, 0.2) is 0 Å². The fourth-order valence-electron chi connectivity index (χ4n) is 6.07. The SMILES string of the molecule is CN(C)c1ccc([C@@H]2[C@H]3C(=O)CC(C)(C)CC3=Nc3ccccc3N2[C@@H]2OC(=O)c3ccccc32)cc1. The summed E-state index contributed by atoms with van der Waals surface area (Å²) in [6.45, 7) is 4.27. The van der Waals surface area contributed by atoms with E-state index in [9.17, 15) is 9.59 Å². The van der Waals surface area contributed by atoms with E-state index in [1.165, 1.54) is 0 Å². The number of nitrogens with zero attached hydrogens (tertiary/aromatic N) is 3. The number of fused-ring (bicyclic) bond motifs is 3. The number of cyclic esters (lactones) is 1. The Morgan fingerprint density at radius 1 is 0.919 bits per heavy atom. The number of ketones is 1. The molecule has 6 heteroatoms. The predicted octanol–water partition coefficient (Wildman–Crippen LogP) is 6.26. The fourth-order valence-corrected chi connectivity index (χ4v) is 6.07. The molecule has 37 heavy (non-hydrogen) atoms. The van der Waals surface area contributed by atoms with Gasteiger partial charge in [0, 0.05) is 37.5 Å². The van der Waals surface area contributed by atoms with E-state index in [1.54, 1.807) is 6.07 Å². The molecule has 0 spiro atoms. The van der Waals surface area contributed by atoms with Gasteiger partial charge in [0.05, 0.1) is 28.9 Å². The Hall–Kier alpha value is -3.93. The molecule has 3 aromatic rings. The first kappa shape index (κ1) is 23.5. The highest BCUT2D eigenvalue weighted by Crippen LogP contribution is 2.52. The average Bonchev–Trinajstić information content (AvgIpc) is 3.11. The van der Waals surface area contributed by atoms with E-state index in [0.717, 1.165) is 40.3 Å². The van der Waals surface area contributed by atoms with Crippen LogP contribution >= 0.6 is 0 Å². The molecule has 1 fully saturated rings. The van der Waals surface area contributed by atoms with Crippen molar-refractivity contribution in [2.75, 3.05) is 23.9 Å². The van der Waals surface area contributed by atoms with Gasteiger partial charge in [-0.1, -0.05) is 56.3 Å². The van der Waals surface area contributed by atoms with Crippen molar-refractivity contribution in [1.29, 1.82) is 0 Å². The maximum atomic E-state index is 14.0. The van der Waals surface area contributed by atoms with Crippen molar-refractivity contribution in [1.82, 2.24) is 0 Å². The van der Waals surface area contributed by atoms with Crippen LogP contribution in [0.3, 0.4) is 0 Å². The van der Waals surface area contributed by atoms with Crippen molar-refractivity contribution in [2.24, 2.45) is 16.3 Å². The molecule has 0 radical (unpaired) electrons. The quantitative estimate of drug-likeness (QED) is 0.403. The number of hydrogen-bond donors (Lipinski definition) is 0. The zero-order chi connectivity index (χ0) is 25.9. The number of anilines is 2. The summed E-state index contributed by atoms with van der Waals surface area (Å²) >= 11 is 0. The standard InChI is InChI=1S/C31H31N3O3/c1-31(2)17-24-27(26(35)18-31)28(19-13-15-20(16-14-19)33(3)4)34(25-12-8-7-11-23(25)32-24)29-21-9-5-6-10-22(21)30(36)37-29/h5-16,27-29H,17-18H2,1-4H3/t27-,28-,29-/m1/s1. The molecule has 0 unspecified atom stereocenters. The zero-order valence-electron chi connectivity index (χ0n) is 21.6. The Balaban J connectivity index is 1.60. The number of rotatable bonds is 3. The van der Waals surface area contributed by atoms with Crippen molar-refractivity contribution >= 4 is 34.5 Å². The molecule has 0 amide bonds. The van der Waals surface area contributed by atoms with Gasteiger partial charge in [-0.25, -0.2) is 4.79 Å². The molecule has 3 atom stereocenters. The molecule has 6 rings (SSSR count). The number of hydrogen-bond acceptors (Lipinski definition) is 6. The second-order valence-corrected chi connectivity index (χ2v) is 11.2. The van der Waals surface area contributed by atoms with Gasteiger partial charge in [-0.2, -0.15) is 0 Å². The number of carbonyl (C=O) groups excluding carboxylic acids is 2.